The zero-order chi connectivity index (χ0) is 30.0. The number of rotatable bonds is 21. The van der Waals surface area contributed by atoms with E-state index >= 15 is 0 Å². The molecule has 42 heavy (non-hydrogen) atoms. The Balaban J connectivity index is 1.31. The lowest BCUT2D eigenvalue weighted by atomic mass is 10.3. The second-order valence-corrected chi connectivity index (χ2v) is 11.4. The Bertz CT molecular complexity index is 838. The van der Waals surface area contributed by atoms with E-state index in [1.807, 2.05) is 6.07 Å². The van der Waals surface area contributed by atoms with Crippen molar-refractivity contribution in [3.05, 3.63) is 12.3 Å². The van der Waals surface area contributed by atoms with Crippen molar-refractivity contribution in [3.63, 3.8) is 0 Å². The average molecular weight is 595 g/mol. The number of hydrogen-bond acceptors (Lipinski definition) is 12. The molecule has 3 heterocycles. The summed E-state index contributed by atoms with van der Waals surface area (Å²) in [5.74, 6) is 0.913. The third-order valence-electron chi connectivity index (χ3n) is 8.32. The molecule has 1 aromatic rings. The number of piperazine rings is 2. The van der Waals surface area contributed by atoms with Gasteiger partial charge in [0, 0.05) is 118 Å². The van der Waals surface area contributed by atoms with Gasteiger partial charge < -0.3 is 45.0 Å². The molecule has 0 unspecified atom stereocenters. The second-order valence-electron chi connectivity index (χ2n) is 11.4. The summed E-state index contributed by atoms with van der Waals surface area (Å²) in [4.78, 5) is 18.7. The maximum Gasteiger partial charge on any atom is 0.152 e. The molecule has 2 aliphatic rings. The zero-order valence-electron chi connectivity index (χ0n) is 26.3. The van der Waals surface area contributed by atoms with Crippen LogP contribution in [0.15, 0.2) is 12.3 Å². The fourth-order valence-electron chi connectivity index (χ4n) is 5.66. The predicted molar refractivity (Wildman–Crippen MR) is 171 cm³/mol. The number of nitrogen functional groups attached to an aromatic ring is 1. The third kappa shape index (κ3) is 12.5. The summed E-state index contributed by atoms with van der Waals surface area (Å²) in [6.07, 6.45) is 3.78. The van der Waals surface area contributed by atoms with Gasteiger partial charge in [-0.25, -0.2) is 4.98 Å². The van der Waals surface area contributed by atoms with E-state index in [1.54, 1.807) is 6.20 Å². The molecule has 2 aliphatic heterocycles. The van der Waals surface area contributed by atoms with Gasteiger partial charge in [0.05, 0.1) is 44.0 Å². The van der Waals surface area contributed by atoms with Gasteiger partial charge in [0.2, 0.25) is 0 Å². The summed E-state index contributed by atoms with van der Waals surface area (Å²) in [7, 11) is 2.06. The Morgan fingerprint density at radius 3 is 1.71 bits per heavy atom. The third-order valence-corrected chi connectivity index (χ3v) is 8.32. The number of nitrogens with two attached hydrogens (primary N) is 1. The SMILES string of the molecule is CCN(CCOCCCN1CCN(CCO)CC1)c1cc(N)cnc1N(C)CCOCCCN1CCN(CCO)CC1. The highest BCUT2D eigenvalue weighted by Gasteiger charge is 2.18. The Kier molecular flexibility index (Phi) is 16.7. The molecular formula is C30H58N8O4. The van der Waals surface area contributed by atoms with E-state index in [9.17, 15) is 0 Å². The highest BCUT2D eigenvalue weighted by molar-refractivity contribution is 5.70. The molecular weight excluding hydrogens is 536 g/mol. The molecule has 3 rings (SSSR count). The van der Waals surface area contributed by atoms with Gasteiger partial charge in [0.25, 0.3) is 0 Å². The normalized spacial score (nSPS) is 17.6. The molecule has 0 saturated carbocycles. The molecule has 12 nitrogen and oxygen atoms in total. The first-order chi connectivity index (χ1) is 20.5. The van der Waals surface area contributed by atoms with Crippen LogP contribution in [0.25, 0.3) is 0 Å². The molecule has 0 aliphatic carbocycles. The number of aliphatic hydroxyl groups excluding tert-OH is 2. The van der Waals surface area contributed by atoms with Crippen LogP contribution in [0.2, 0.25) is 0 Å². The molecule has 2 saturated heterocycles. The molecule has 0 amide bonds. The second kappa shape index (κ2) is 20.2. The zero-order valence-corrected chi connectivity index (χ0v) is 26.3. The largest absolute Gasteiger partial charge is 0.397 e. The van der Waals surface area contributed by atoms with Gasteiger partial charge in [-0.1, -0.05) is 0 Å². The van der Waals surface area contributed by atoms with Crippen molar-refractivity contribution in [1.29, 1.82) is 0 Å². The number of pyridine rings is 1. The fraction of sp³-hybridized carbons (Fsp3) is 0.833. The number of aliphatic hydroxyl groups is 2. The molecule has 12 heteroatoms. The Labute approximate surface area is 253 Å². The fourth-order valence-corrected chi connectivity index (χ4v) is 5.66. The molecule has 0 bridgehead atoms. The standard InChI is InChI=1S/C30H58N8O4/c1-3-38(19-25-42-23-5-7-35-10-14-37(15-11-35)17-21-40)29-26-28(31)27-32-30(29)33(2)18-24-41-22-4-6-34-8-12-36(13-9-34)16-20-39/h26-27,39-40H,3-25,31H2,1-2H3. The highest BCUT2D eigenvalue weighted by Crippen LogP contribution is 2.28. The molecule has 0 spiro atoms. The number of hydrogen-bond donors (Lipinski definition) is 3. The number of aromatic nitrogens is 1. The average Bonchev–Trinajstić information content (AvgIpc) is 3.00. The lowest BCUT2D eigenvalue weighted by Gasteiger charge is -2.34. The van der Waals surface area contributed by atoms with Crippen LogP contribution in [0, 0.1) is 0 Å². The van der Waals surface area contributed by atoms with Crippen molar-refractivity contribution >= 4 is 17.2 Å². The summed E-state index contributed by atoms with van der Waals surface area (Å²) in [6, 6.07) is 2.01. The monoisotopic (exact) mass is 594 g/mol. The first kappa shape index (κ1) is 34.7. The number of ether oxygens (including phenoxy) is 2. The van der Waals surface area contributed by atoms with E-state index in [0.29, 0.717) is 18.9 Å². The maximum atomic E-state index is 9.11. The van der Waals surface area contributed by atoms with Crippen molar-refractivity contribution in [2.75, 3.05) is 160 Å². The molecule has 2 fully saturated rings. The van der Waals surface area contributed by atoms with Gasteiger partial charge in [0.1, 0.15) is 0 Å². The van der Waals surface area contributed by atoms with Gasteiger partial charge in [-0.05, 0) is 25.8 Å². The van der Waals surface area contributed by atoms with Gasteiger partial charge in [-0.15, -0.1) is 0 Å². The summed E-state index contributed by atoms with van der Waals surface area (Å²) < 4.78 is 12.0. The Morgan fingerprint density at radius 2 is 1.24 bits per heavy atom. The predicted octanol–water partition coefficient (Wildman–Crippen LogP) is -0.0405. The number of nitrogens with zero attached hydrogens (tertiary/aromatic N) is 7. The highest BCUT2D eigenvalue weighted by atomic mass is 16.5. The lowest BCUT2D eigenvalue weighted by Crippen LogP contribution is -2.47. The van der Waals surface area contributed by atoms with E-state index in [1.165, 1.54) is 0 Å². The van der Waals surface area contributed by atoms with Gasteiger partial charge in [-0.2, -0.15) is 0 Å². The van der Waals surface area contributed by atoms with Crippen molar-refractivity contribution in [2.45, 2.75) is 19.8 Å². The van der Waals surface area contributed by atoms with E-state index in [0.717, 1.165) is 136 Å². The van der Waals surface area contributed by atoms with Crippen molar-refractivity contribution < 1.29 is 19.7 Å². The van der Waals surface area contributed by atoms with Gasteiger partial charge in [-0.3, -0.25) is 9.80 Å². The molecule has 1 aromatic heterocycles. The minimum Gasteiger partial charge on any atom is -0.397 e. The van der Waals surface area contributed by atoms with E-state index in [4.69, 9.17) is 25.4 Å². The molecule has 0 atom stereocenters. The van der Waals surface area contributed by atoms with Crippen LogP contribution in [0.4, 0.5) is 17.2 Å². The number of anilines is 3. The molecule has 0 radical (unpaired) electrons. The van der Waals surface area contributed by atoms with Crippen molar-refractivity contribution in [3.8, 4) is 0 Å². The Hall–Kier alpha value is -1.77. The van der Waals surface area contributed by atoms with E-state index in [2.05, 4.69) is 48.4 Å². The van der Waals surface area contributed by atoms with Crippen LogP contribution in [0.3, 0.4) is 0 Å². The minimum absolute atomic E-state index is 0.243. The quantitative estimate of drug-likeness (QED) is 0.166. The smallest absolute Gasteiger partial charge is 0.152 e. The number of β-amino-alcohol motifs (C(OH)–C–C–N with tert-alkyl or cyclic N) is 2. The van der Waals surface area contributed by atoms with Crippen LogP contribution in [-0.2, 0) is 9.47 Å². The van der Waals surface area contributed by atoms with Gasteiger partial charge >= 0.3 is 0 Å². The van der Waals surface area contributed by atoms with Crippen LogP contribution in [-0.4, -0.2) is 180 Å². The summed E-state index contributed by atoms with van der Waals surface area (Å²) in [5.41, 5.74) is 7.84. The lowest BCUT2D eigenvalue weighted by molar-refractivity contribution is 0.0931. The van der Waals surface area contributed by atoms with Crippen LogP contribution < -0.4 is 15.5 Å². The van der Waals surface area contributed by atoms with Crippen molar-refractivity contribution in [2.24, 2.45) is 0 Å². The maximum absolute atomic E-state index is 9.11. The molecule has 4 N–H and O–H groups in total. The molecule has 0 aromatic carbocycles. The first-order valence-electron chi connectivity index (χ1n) is 16.0. The summed E-state index contributed by atoms with van der Waals surface area (Å²) >= 11 is 0. The van der Waals surface area contributed by atoms with Crippen LogP contribution in [0.1, 0.15) is 19.8 Å². The van der Waals surface area contributed by atoms with E-state index in [-0.39, 0.29) is 13.2 Å². The number of likely N-dealkylation sites (N-methyl/N-ethyl adjacent to an activating group) is 2. The van der Waals surface area contributed by atoms with Crippen LogP contribution in [0.5, 0.6) is 0 Å². The topological polar surface area (TPSA) is 117 Å². The Morgan fingerprint density at radius 1 is 0.762 bits per heavy atom. The summed E-state index contributed by atoms with van der Waals surface area (Å²) in [6.45, 7) is 19.9. The van der Waals surface area contributed by atoms with Crippen LogP contribution >= 0.6 is 0 Å². The van der Waals surface area contributed by atoms with Crippen molar-refractivity contribution in [1.82, 2.24) is 24.6 Å². The summed E-state index contributed by atoms with van der Waals surface area (Å²) in [5, 5.41) is 18.2. The van der Waals surface area contributed by atoms with Gasteiger partial charge in [0.15, 0.2) is 5.82 Å². The first-order valence-corrected chi connectivity index (χ1v) is 16.0. The minimum atomic E-state index is 0.243. The van der Waals surface area contributed by atoms with E-state index < -0.39 is 0 Å². The molecule has 242 valence electrons.